The van der Waals surface area contributed by atoms with Crippen LogP contribution in [0.1, 0.15) is 213 Å². The normalized spacial score (nSPS) is 12.4. The lowest BCUT2D eigenvalue weighted by Crippen LogP contribution is -2.13. The SMILES string of the molecule is CCCCCCCCCCCCS(C)(CCCCCCCCCCCC)CCCCCCCCCCCC. The van der Waals surface area contributed by atoms with Crippen LogP contribution in [0.25, 0.3) is 0 Å². The van der Waals surface area contributed by atoms with E-state index in [0.29, 0.717) is 0 Å². The summed E-state index contributed by atoms with van der Waals surface area (Å²) in [6.45, 7) is 6.97. The number of hydrogen-bond acceptors (Lipinski definition) is 0. The van der Waals surface area contributed by atoms with E-state index >= 15 is 0 Å². The fourth-order valence-electron chi connectivity index (χ4n) is 6.12. The zero-order chi connectivity index (χ0) is 27.8. The highest BCUT2D eigenvalue weighted by atomic mass is 32.3. The van der Waals surface area contributed by atoms with Crippen molar-refractivity contribution in [2.75, 3.05) is 23.5 Å². The molecule has 0 aliphatic carbocycles. The molecule has 0 aromatic rings. The van der Waals surface area contributed by atoms with Gasteiger partial charge in [0.25, 0.3) is 0 Å². The average Bonchev–Trinajstić information content (AvgIpc) is 2.92. The van der Waals surface area contributed by atoms with Gasteiger partial charge in [0.15, 0.2) is 0 Å². The molecule has 0 atom stereocenters. The first-order valence-electron chi connectivity index (χ1n) is 18.4. The van der Waals surface area contributed by atoms with Gasteiger partial charge in [-0.3, -0.25) is 0 Å². The van der Waals surface area contributed by atoms with E-state index in [-0.39, 0.29) is 10.0 Å². The van der Waals surface area contributed by atoms with Gasteiger partial charge >= 0.3 is 0 Å². The fourth-order valence-corrected chi connectivity index (χ4v) is 9.44. The van der Waals surface area contributed by atoms with E-state index in [1.54, 1.807) is 17.3 Å². The standard InChI is InChI=1S/C37H78S/c1-5-8-11-14-17-20-23-26-29-32-35-38(4,36-33-30-27-24-21-18-15-12-9-6-2)37-34-31-28-25-22-19-16-13-10-7-3/h5-37H2,1-4H3. The lowest BCUT2D eigenvalue weighted by molar-refractivity contribution is 0.560. The lowest BCUT2D eigenvalue weighted by Gasteiger charge is -2.37. The van der Waals surface area contributed by atoms with Crippen LogP contribution in [-0.4, -0.2) is 23.5 Å². The molecule has 0 saturated carbocycles. The second kappa shape index (κ2) is 31.9. The molecule has 0 aromatic heterocycles. The predicted octanol–water partition coefficient (Wildman–Crippen LogP) is 14.2. The number of hydrogen-bond donors (Lipinski definition) is 0. The van der Waals surface area contributed by atoms with Crippen molar-refractivity contribution in [1.82, 2.24) is 0 Å². The monoisotopic (exact) mass is 555 g/mol. The van der Waals surface area contributed by atoms with Crippen LogP contribution in [0.4, 0.5) is 0 Å². The molecular formula is C37H78S. The Labute approximate surface area is 246 Å². The first-order chi connectivity index (χ1) is 18.7. The molecule has 0 heterocycles. The van der Waals surface area contributed by atoms with Crippen molar-refractivity contribution in [3.05, 3.63) is 0 Å². The van der Waals surface area contributed by atoms with E-state index in [1.165, 1.54) is 193 Å². The van der Waals surface area contributed by atoms with E-state index in [2.05, 4.69) is 27.0 Å². The summed E-state index contributed by atoms with van der Waals surface area (Å²) in [5, 5.41) is 0. The zero-order valence-electron chi connectivity index (χ0n) is 27.7. The van der Waals surface area contributed by atoms with Gasteiger partial charge in [0.05, 0.1) is 0 Å². The van der Waals surface area contributed by atoms with Gasteiger partial charge in [-0.05, 0) is 42.8 Å². The topological polar surface area (TPSA) is 0 Å². The third kappa shape index (κ3) is 29.3. The van der Waals surface area contributed by atoms with Gasteiger partial charge in [-0.1, -0.05) is 194 Å². The van der Waals surface area contributed by atoms with E-state index in [4.69, 9.17) is 0 Å². The van der Waals surface area contributed by atoms with Crippen LogP contribution in [-0.2, 0) is 0 Å². The minimum Gasteiger partial charge on any atom is -0.244 e. The van der Waals surface area contributed by atoms with Gasteiger partial charge < -0.3 is 0 Å². The Kier molecular flexibility index (Phi) is 32.2. The Balaban J connectivity index is 4.06. The average molecular weight is 555 g/mol. The van der Waals surface area contributed by atoms with Crippen LogP contribution < -0.4 is 0 Å². The number of unbranched alkanes of at least 4 members (excludes halogenated alkanes) is 27. The van der Waals surface area contributed by atoms with Crippen molar-refractivity contribution in [2.24, 2.45) is 0 Å². The summed E-state index contributed by atoms with van der Waals surface area (Å²) in [4.78, 5) is 0. The molecule has 0 nitrogen and oxygen atoms in total. The maximum atomic E-state index is 2.75. The molecule has 0 aromatic carbocycles. The van der Waals surface area contributed by atoms with E-state index in [1.807, 2.05) is 0 Å². The van der Waals surface area contributed by atoms with Crippen molar-refractivity contribution < 1.29 is 0 Å². The summed E-state index contributed by atoms with van der Waals surface area (Å²) in [5.41, 5.74) is 0. The van der Waals surface area contributed by atoms with Crippen molar-refractivity contribution in [3.63, 3.8) is 0 Å². The highest BCUT2D eigenvalue weighted by Crippen LogP contribution is 2.47. The van der Waals surface area contributed by atoms with Crippen LogP contribution in [0, 0.1) is 0 Å². The molecule has 0 fully saturated rings. The van der Waals surface area contributed by atoms with Crippen LogP contribution in [0.2, 0.25) is 0 Å². The Morgan fingerprint density at radius 1 is 0.237 bits per heavy atom. The molecule has 0 unspecified atom stereocenters. The molecule has 0 aliphatic rings. The van der Waals surface area contributed by atoms with Gasteiger partial charge in [0.2, 0.25) is 0 Å². The molecule has 0 aliphatic heterocycles. The zero-order valence-corrected chi connectivity index (χ0v) is 28.6. The second-order valence-electron chi connectivity index (χ2n) is 13.1. The van der Waals surface area contributed by atoms with E-state index < -0.39 is 0 Å². The van der Waals surface area contributed by atoms with Gasteiger partial charge in [-0.2, -0.15) is 0 Å². The summed E-state index contributed by atoms with van der Waals surface area (Å²) in [6.07, 6.45) is 47.1. The predicted molar refractivity (Wildman–Crippen MR) is 184 cm³/mol. The van der Waals surface area contributed by atoms with Gasteiger partial charge in [-0.25, -0.2) is 10.0 Å². The molecule has 0 N–H and O–H groups in total. The molecular weight excluding hydrogens is 476 g/mol. The minimum absolute atomic E-state index is 0.362. The van der Waals surface area contributed by atoms with Crippen molar-refractivity contribution in [1.29, 1.82) is 0 Å². The Morgan fingerprint density at radius 3 is 0.579 bits per heavy atom. The molecule has 0 spiro atoms. The number of rotatable bonds is 33. The van der Waals surface area contributed by atoms with Crippen LogP contribution in [0.5, 0.6) is 0 Å². The maximum Gasteiger partial charge on any atom is -0.0230 e. The van der Waals surface area contributed by atoms with Crippen molar-refractivity contribution in [3.8, 4) is 0 Å². The molecule has 0 amide bonds. The van der Waals surface area contributed by atoms with Gasteiger partial charge in [0, 0.05) is 0 Å². The quantitative estimate of drug-likeness (QED) is 0.0707. The smallest absolute Gasteiger partial charge is 0.0230 e. The van der Waals surface area contributed by atoms with Crippen molar-refractivity contribution in [2.45, 2.75) is 213 Å². The Morgan fingerprint density at radius 2 is 0.395 bits per heavy atom. The molecule has 0 bridgehead atoms. The van der Waals surface area contributed by atoms with Gasteiger partial charge in [-0.15, -0.1) is 0 Å². The highest BCUT2D eigenvalue weighted by molar-refractivity contribution is 8.33. The summed E-state index contributed by atoms with van der Waals surface area (Å²) in [5.74, 6) is 4.75. The molecule has 38 heavy (non-hydrogen) atoms. The summed E-state index contributed by atoms with van der Waals surface area (Å²) in [6, 6.07) is 0. The first-order valence-corrected chi connectivity index (χ1v) is 20.9. The Bertz CT molecular complexity index is 357. The summed E-state index contributed by atoms with van der Waals surface area (Å²) in [7, 11) is -0.362. The summed E-state index contributed by atoms with van der Waals surface area (Å²) >= 11 is 0. The molecule has 0 rings (SSSR count). The third-order valence-corrected chi connectivity index (χ3v) is 12.8. The van der Waals surface area contributed by atoms with E-state index in [0.717, 1.165) is 0 Å². The van der Waals surface area contributed by atoms with Gasteiger partial charge in [0.1, 0.15) is 0 Å². The minimum atomic E-state index is -0.362. The molecule has 232 valence electrons. The first kappa shape index (κ1) is 38.4. The molecule has 1 heteroatoms. The highest BCUT2D eigenvalue weighted by Gasteiger charge is 2.17. The van der Waals surface area contributed by atoms with Crippen LogP contribution in [0.15, 0.2) is 0 Å². The van der Waals surface area contributed by atoms with Crippen LogP contribution in [0.3, 0.4) is 0 Å². The molecule has 0 saturated heterocycles. The largest absolute Gasteiger partial charge is 0.244 e. The fraction of sp³-hybridized carbons (Fsp3) is 1.00. The molecule has 0 radical (unpaired) electrons. The van der Waals surface area contributed by atoms with Crippen molar-refractivity contribution >= 4 is 10.0 Å². The van der Waals surface area contributed by atoms with E-state index in [9.17, 15) is 0 Å². The summed E-state index contributed by atoms with van der Waals surface area (Å²) < 4.78 is 0. The Hall–Kier alpha value is 0.350. The second-order valence-corrected chi connectivity index (χ2v) is 17.3. The third-order valence-electron chi connectivity index (χ3n) is 8.97. The van der Waals surface area contributed by atoms with Crippen LogP contribution >= 0.6 is 10.0 Å². The maximum absolute atomic E-state index is 2.75. The lowest BCUT2D eigenvalue weighted by atomic mass is 10.1.